The molecule has 226 valence electrons. The maximum atomic E-state index is 6.45. The summed E-state index contributed by atoms with van der Waals surface area (Å²) in [7, 11) is 0. The highest BCUT2D eigenvalue weighted by Gasteiger charge is 2.17. The fraction of sp³-hybridized carbons (Fsp3) is 0. The number of halogens is 1. The Balaban J connectivity index is 1.19. The number of hydrogen-bond acceptors (Lipinski definition) is 5. The van der Waals surface area contributed by atoms with Crippen LogP contribution in [0.15, 0.2) is 152 Å². The minimum Gasteiger partial charge on any atom is -0.228 e. The van der Waals surface area contributed by atoms with Crippen LogP contribution in [-0.2, 0) is 0 Å². The monoisotopic (exact) mass is 652 g/mol. The van der Waals surface area contributed by atoms with Gasteiger partial charge in [0.15, 0.2) is 5.82 Å². The molecule has 0 fully saturated rings. The quantitative estimate of drug-likeness (QED) is 0.174. The molecule has 6 heteroatoms. The van der Waals surface area contributed by atoms with E-state index in [9.17, 15) is 0 Å². The lowest BCUT2D eigenvalue weighted by Gasteiger charge is -2.14. The highest BCUT2D eigenvalue weighted by molar-refractivity contribution is 7.26. The van der Waals surface area contributed by atoms with Crippen molar-refractivity contribution in [2.45, 2.75) is 0 Å². The van der Waals surface area contributed by atoms with Crippen molar-refractivity contribution in [3.63, 3.8) is 0 Å². The standard InChI is InChI=1S/C42H25ClN4S/c43-42-46-38(40-39(47-42)34-16-8-10-18-36(34)48-40)28-19-21-29(22-20-28)41-44-35-17-9-7-15-33(35)37(45-41)32-24-30(26-11-3-1-4-12-26)23-31(25-32)27-13-5-2-6-14-27/h1-25H. The normalized spacial score (nSPS) is 11.4. The summed E-state index contributed by atoms with van der Waals surface area (Å²) in [4.78, 5) is 19.5. The van der Waals surface area contributed by atoms with Crippen molar-refractivity contribution in [1.82, 2.24) is 19.9 Å². The molecule has 0 bridgehead atoms. The molecule has 0 aliphatic rings. The van der Waals surface area contributed by atoms with Crippen molar-refractivity contribution in [3.05, 3.63) is 157 Å². The number of aromatic nitrogens is 4. The zero-order chi connectivity index (χ0) is 32.0. The first kappa shape index (κ1) is 28.5. The molecule has 0 unspecified atom stereocenters. The Morgan fingerprint density at radius 3 is 1.71 bits per heavy atom. The van der Waals surface area contributed by atoms with Gasteiger partial charge in [0.1, 0.15) is 0 Å². The third kappa shape index (κ3) is 5.10. The van der Waals surface area contributed by atoms with Crippen LogP contribution in [0, 0.1) is 0 Å². The average molecular weight is 653 g/mol. The van der Waals surface area contributed by atoms with E-state index in [2.05, 4.69) is 125 Å². The fourth-order valence-corrected chi connectivity index (χ4v) is 7.64. The predicted molar refractivity (Wildman–Crippen MR) is 200 cm³/mol. The van der Waals surface area contributed by atoms with Crippen LogP contribution in [-0.4, -0.2) is 19.9 Å². The number of thiophene rings is 1. The summed E-state index contributed by atoms with van der Waals surface area (Å²) in [5, 5.41) is 2.33. The topological polar surface area (TPSA) is 51.6 Å². The molecule has 0 spiro atoms. The van der Waals surface area contributed by atoms with Crippen molar-refractivity contribution in [2.24, 2.45) is 0 Å². The van der Waals surface area contributed by atoms with E-state index >= 15 is 0 Å². The number of nitrogens with zero attached hydrogens (tertiary/aromatic N) is 4. The Bertz CT molecular complexity index is 2560. The van der Waals surface area contributed by atoms with Gasteiger partial charge < -0.3 is 0 Å². The molecule has 0 N–H and O–H groups in total. The van der Waals surface area contributed by atoms with Crippen molar-refractivity contribution >= 4 is 54.1 Å². The molecule has 3 heterocycles. The van der Waals surface area contributed by atoms with Gasteiger partial charge in [0.05, 0.1) is 27.1 Å². The first-order valence-electron chi connectivity index (χ1n) is 15.7. The number of hydrogen-bond donors (Lipinski definition) is 0. The summed E-state index contributed by atoms with van der Waals surface area (Å²) in [6.07, 6.45) is 0. The van der Waals surface area contributed by atoms with Gasteiger partial charge >= 0.3 is 0 Å². The van der Waals surface area contributed by atoms with Crippen LogP contribution in [0.4, 0.5) is 0 Å². The molecule has 0 saturated heterocycles. The van der Waals surface area contributed by atoms with Gasteiger partial charge in [-0.15, -0.1) is 11.3 Å². The Morgan fingerprint density at radius 2 is 1.00 bits per heavy atom. The molecule has 0 radical (unpaired) electrons. The summed E-state index contributed by atoms with van der Waals surface area (Å²) < 4.78 is 2.18. The highest BCUT2D eigenvalue weighted by atomic mass is 35.5. The molecule has 0 saturated carbocycles. The number of para-hydroxylation sites is 1. The third-order valence-electron chi connectivity index (χ3n) is 8.63. The van der Waals surface area contributed by atoms with E-state index in [4.69, 9.17) is 21.6 Å². The van der Waals surface area contributed by atoms with E-state index in [1.807, 2.05) is 36.4 Å². The molecule has 4 nitrogen and oxygen atoms in total. The third-order valence-corrected chi connectivity index (χ3v) is 9.97. The summed E-state index contributed by atoms with van der Waals surface area (Å²) in [5.74, 6) is 0.661. The van der Waals surface area contributed by atoms with Crippen molar-refractivity contribution < 1.29 is 0 Å². The van der Waals surface area contributed by atoms with E-state index < -0.39 is 0 Å². The minimum absolute atomic E-state index is 0.236. The van der Waals surface area contributed by atoms with E-state index in [-0.39, 0.29) is 5.28 Å². The second kappa shape index (κ2) is 11.8. The fourth-order valence-electron chi connectivity index (χ4n) is 6.32. The molecular formula is C42H25ClN4S. The largest absolute Gasteiger partial charge is 0.228 e. The van der Waals surface area contributed by atoms with Crippen LogP contribution in [0.5, 0.6) is 0 Å². The molecule has 9 aromatic rings. The first-order valence-corrected chi connectivity index (χ1v) is 16.9. The second-order valence-corrected chi connectivity index (χ2v) is 13.0. The molecule has 0 atom stereocenters. The Hall–Kier alpha value is -5.75. The average Bonchev–Trinajstić information content (AvgIpc) is 3.53. The van der Waals surface area contributed by atoms with Crippen LogP contribution < -0.4 is 0 Å². The summed E-state index contributed by atoms with van der Waals surface area (Å²) in [5.41, 5.74) is 11.0. The lowest BCUT2D eigenvalue weighted by atomic mass is 9.94. The van der Waals surface area contributed by atoms with Crippen LogP contribution in [0.25, 0.3) is 87.4 Å². The van der Waals surface area contributed by atoms with Gasteiger partial charge in [-0.3, -0.25) is 0 Å². The van der Waals surface area contributed by atoms with E-state index in [0.717, 1.165) is 81.5 Å². The number of benzene rings is 6. The van der Waals surface area contributed by atoms with Gasteiger partial charge in [-0.2, -0.15) is 0 Å². The number of fused-ring (bicyclic) bond motifs is 4. The molecule has 3 aromatic heterocycles. The smallest absolute Gasteiger partial charge is 0.223 e. The second-order valence-electron chi connectivity index (χ2n) is 11.6. The summed E-state index contributed by atoms with van der Waals surface area (Å²) >= 11 is 8.14. The Labute approximate surface area is 286 Å². The van der Waals surface area contributed by atoms with Crippen LogP contribution in [0.2, 0.25) is 5.28 Å². The van der Waals surface area contributed by atoms with Crippen molar-refractivity contribution in [2.75, 3.05) is 0 Å². The molecule has 0 amide bonds. The van der Waals surface area contributed by atoms with Gasteiger partial charge in [-0.05, 0) is 64.2 Å². The highest BCUT2D eigenvalue weighted by Crippen LogP contribution is 2.40. The number of rotatable bonds is 5. The van der Waals surface area contributed by atoms with E-state index in [0.29, 0.717) is 5.82 Å². The Kier molecular flexibility index (Phi) is 7.00. The van der Waals surface area contributed by atoms with Gasteiger partial charge in [0.25, 0.3) is 0 Å². The summed E-state index contributed by atoms with van der Waals surface area (Å²) in [6, 6.07) is 52.5. The van der Waals surface area contributed by atoms with Gasteiger partial charge in [0.2, 0.25) is 5.28 Å². The molecule has 9 rings (SSSR count). The molecule has 6 aromatic carbocycles. The lowest BCUT2D eigenvalue weighted by Crippen LogP contribution is -1.96. The van der Waals surface area contributed by atoms with E-state index in [1.54, 1.807) is 11.3 Å². The lowest BCUT2D eigenvalue weighted by molar-refractivity contribution is 1.22. The maximum Gasteiger partial charge on any atom is 0.223 e. The zero-order valence-corrected chi connectivity index (χ0v) is 27.1. The van der Waals surface area contributed by atoms with Crippen molar-refractivity contribution in [3.8, 4) is 56.2 Å². The SMILES string of the molecule is Clc1nc(-c2ccc(-c3nc(-c4cc(-c5ccccc5)cc(-c5ccccc5)c4)c4ccccc4n3)cc2)c2sc3ccccc3c2n1. The van der Waals surface area contributed by atoms with Gasteiger partial charge in [-0.1, -0.05) is 121 Å². The molecule has 48 heavy (non-hydrogen) atoms. The Morgan fingerprint density at radius 1 is 0.417 bits per heavy atom. The van der Waals surface area contributed by atoms with Crippen LogP contribution >= 0.6 is 22.9 Å². The van der Waals surface area contributed by atoms with E-state index in [1.165, 1.54) is 0 Å². The van der Waals surface area contributed by atoms with Gasteiger partial charge in [-0.25, -0.2) is 19.9 Å². The molecule has 0 aliphatic carbocycles. The van der Waals surface area contributed by atoms with Crippen molar-refractivity contribution in [1.29, 1.82) is 0 Å². The zero-order valence-electron chi connectivity index (χ0n) is 25.5. The minimum atomic E-state index is 0.236. The van der Waals surface area contributed by atoms with Crippen LogP contribution in [0.3, 0.4) is 0 Å². The predicted octanol–water partition coefficient (Wildman–Crippen LogP) is 11.8. The first-order chi connectivity index (χ1) is 23.7. The maximum absolute atomic E-state index is 6.45. The summed E-state index contributed by atoms with van der Waals surface area (Å²) in [6.45, 7) is 0. The van der Waals surface area contributed by atoms with Crippen LogP contribution in [0.1, 0.15) is 0 Å². The molecular weight excluding hydrogens is 628 g/mol. The molecule has 0 aliphatic heterocycles. The van der Waals surface area contributed by atoms with Gasteiger partial charge in [0, 0.05) is 32.2 Å².